The van der Waals surface area contributed by atoms with E-state index >= 15 is 0 Å². The van der Waals surface area contributed by atoms with E-state index in [-0.39, 0.29) is 43.1 Å². The van der Waals surface area contributed by atoms with Crippen molar-refractivity contribution in [3.8, 4) is 16.9 Å². The molecule has 418 valence electrons. The van der Waals surface area contributed by atoms with Crippen LogP contribution in [0.15, 0.2) is 91.0 Å². The first-order valence-corrected chi connectivity index (χ1v) is 28.5. The minimum atomic E-state index is -4.45. The zero-order valence-electron chi connectivity index (χ0n) is 45.7. The Morgan fingerprint density at radius 2 is 1.66 bits per heavy atom. The van der Waals surface area contributed by atoms with Crippen LogP contribution in [0, 0.1) is 12.8 Å². The third kappa shape index (κ3) is 11.6. The normalized spacial score (nSPS) is 20.2. The first kappa shape index (κ1) is 54.6. The van der Waals surface area contributed by atoms with Gasteiger partial charge in [0.1, 0.15) is 23.2 Å². The molecule has 1 unspecified atom stereocenters. The number of imide groups is 1. The van der Waals surface area contributed by atoms with Crippen molar-refractivity contribution in [1.29, 1.82) is 0 Å². The number of aryl methyl sites for hydroxylation is 1. The quantitative estimate of drug-likeness (QED) is 0.0831. The van der Waals surface area contributed by atoms with Gasteiger partial charge < -0.3 is 19.3 Å². The number of rotatable bonds is 13. The summed E-state index contributed by atoms with van der Waals surface area (Å²) in [7, 11) is 1.72. The van der Waals surface area contributed by atoms with Crippen molar-refractivity contribution in [2.24, 2.45) is 13.0 Å². The number of carbonyl (C=O) groups excluding carboxylic acids is 4. The highest BCUT2D eigenvalue weighted by molar-refractivity contribution is 7.22. The van der Waals surface area contributed by atoms with Gasteiger partial charge in [-0.05, 0) is 168 Å². The van der Waals surface area contributed by atoms with E-state index in [1.165, 1.54) is 16.2 Å². The highest BCUT2D eigenvalue weighted by atomic mass is 32.1. The average Bonchev–Trinajstić information content (AvgIpc) is 4.11. The second-order valence-electron chi connectivity index (χ2n) is 22.7. The lowest BCUT2D eigenvalue weighted by Crippen LogP contribution is -2.59. The molecule has 3 fully saturated rings. The molecule has 0 radical (unpaired) electrons. The number of thiazole rings is 1. The number of para-hydroxylation sites is 1. The van der Waals surface area contributed by atoms with Gasteiger partial charge in [-0.1, -0.05) is 47.7 Å². The number of ether oxygens (including phenoxy) is 2. The number of alkyl halides is 3. The van der Waals surface area contributed by atoms with Gasteiger partial charge in [0.05, 0.1) is 33.4 Å². The van der Waals surface area contributed by atoms with Crippen molar-refractivity contribution in [2.45, 2.75) is 122 Å². The summed E-state index contributed by atoms with van der Waals surface area (Å²) in [5.74, 6) is -0.348. The van der Waals surface area contributed by atoms with E-state index < -0.39 is 35.6 Å². The summed E-state index contributed by atoms with van der Waals surface area (Å²) in [4.78, 5) is 67.5. The van der Waals surface area contributed by atoms with E-state index in [9.17, 15) is 32.3 Å². The zero-order valence-corrected chi connectivity index (χ0v) is 46.5. The fraction of sp³-hybridized carbons (Fsp3) is 0.426. The molecule has 4 aliphatic rings. The molecule has 11 rings (SSSR count). The summed E-state index contributed by atoms with van der Waals surface area (Å²) in [6.45, 7) is 9.70. The minimum Gasteiger partial charge on any atom is -0.490 e. The maximum absolute atomic E-state index is 14.8. The molecule has 0 spiro atoms. The zero-order chi connectivity index (χ0) is 56.0. The Kier molecular flexibility index (Phi) is 15.2. The SMILES string of the molecule is Cc1c(OC2CCC(CCCN3CCN(c4ccc5c(C6CCC(=O)NC6=O)nn(C)c5c4)[C@H](C(F)(F)F)C3)CC2)cccc1-c1ccc(N2CCc3cccc(C(=O)Nc4nc5ccccc5s4)c3C2)nc1C(=O)OC(C)(C)C. The number of anilines is 3. The van der Waals surface area contributed by atoms with E-state index in [0.29, 0.717) is 89.3 Å². The smallest absolute Gasteiger partial charge is 0.409 e. The van der Waals surface area contributed by atoms with Crippen LogP contribution in [-0.4, -0.2) is 105 Å². The van der Waals surface area contributed by atoms with Crippen molar-refractivity contribution in [2.75, 3.05) is 47.8 Å². The number of nitrogens with zero attached hydrogens (tertiary/aromatic N) is 7. The number of halogens is 3. The predicted molar refractivity (Wildman–Crippen MR) is 303 cm³/mol. The van der Waals surface area contributed by atoms with Gasteiger partial charge in [0.15, 0.2) is 10.8 Å². The third-order valence-electron chi connectivity index (χ3n) is 16.2. The van der Waals surface area contributed by atoms with Crippen LogP contribution >= 0.6 is 11.3 Å². The molecule has 15 nitrogen and oxygen atoms in total. The maximum Gasteiger partial charge on any atom is 0.409 e. The number of piperazine rings is 1. The van der Waals surface area contributed by atoms with Crippen molar-refractivity contribution >= 4 is 72.8 Å². The summed E-state index contributed by atoms with van der Waals surface area (Å²) in [6, 6.07) is 26.8. The van der Waals surface area contributed by atoms with Crippen molar-refractivity contribution in [3.05, 3.63) is 125 Å². The van der Waals surface area contributed by atoms with Gasteiger partial charge in [0.25, 0.3) is 5.91 Å². The van der Waals surface area contributed by atoms with Crippen LogP contribution < -0.4 is 25.2 Å². The Hall–Kier alpha value is -7.38. The second-order valence-corrected chi connectivity index (χ2v) is 23.8. The molecule has 80 heavy (non-hydrogen) atoms. The Bertz CT molecular complexity index is 3480. The first-order valence-electron chi connectivity index (χ1n) is 27.7. The van der Waals surface area contributed by atoms with Crippen LogP contribution in [0.1, 0.15) is 121 Å². The lowest BCUT2D eigenvalue weighted by atomic mass is 9.84. The molecular weight excluding hydrogens is 1040 g/mol. The van der Waals surface area contributed by atoms with Gasteiger partial charge in [-0.2, -0.15) is 18.3 Å². The Balaban J connectivity index is 0.711. The molecule has 7 aromatic rings. The Morgan fingerprint density at radius 3 is 2.44 bits per heavy atom. The molecular formula is C61H66F3N9O6S. The van der Waals surface area contributed by atoms with Gasteiger partial charge in [0.2, 0.25) is 11.8 Å². The highest BCUT2D eigenvalue weighted by Crippen LogP contribution is 2.40. The first-order chi connectivity index (χ1) is 38.3. The molecule has 6 heterocycles. The topological polar surface area (TPSA) is 164 Å². The van der Waals surface area contributed by atoms with Crippen LogP contribution in [0.5, 0.6) is 5.75 Å². The molecule has 19 heteroatoms. The number of aromatic nitrogens is 4. The molecule has 3 amide bonds. The molecule has 0 bridgehead atoms. The van der Waals surface area contributed by atoms with E-state index in [4.69, 9.17) is 14.5 Å². The number of carbonyl (C=O) groups is 4. The number of pyridine rings is 1. The number of piperidine rings is 1. The summed E-state index contributed by atoms with van der Waals surface area (Å²) < 4.78 is 59.7. The van der Waals surface area contributed by atoms with Gasteiger partial charge >= 0.3 is 12.1 Å². The minimum absolute atomic E-state index is 0.0172. The van der Waals surface area contributed by atoms with Crippen LogP contribution in [-0.2, 0) is 34.3 Å². The van der Waals surface area contributed by atoms with Crippen molar-refractivity contribution in [1.82, 2.24) is 30.0 Å². The summed E-state index contributed by atoms with van der Waals surface area (Å²) in [6.07, 6.45) is 2.07. The number of fused-ring (bicyclic) bond motifs is 3. The van der Waals surface area contributed by atoms with Gasteiger partial charge in [-0.25, -0.2) is 14.8 Å². The second kappa shape index (κ2) is 22.3. The Labute approximate surface area is 466 Å². The summed E-state index contributed by atoms with van der Waals surface area (Å²) >= 11 is 1.43. The lowest BCUT2D eigenvalue weighted by molar-refractivity contribution is -0.156. The molecule has 2 N–H and O–H groups in total. The molecule has 4 aromatic carbocycles. The number of hydrogen-bond acceptors (Lipinski definition) is 13. The molecule has 3 aromatic heterocycles. The number of nitrogens with one attached hydrogen (secondary N) is 2. The fourth-order valence-electron chi connectivity index (χ4n) is 12.1. The van der Waals surface area contributed by atoms with Crippen LogP contribution in [0.4, 0.5) is 29.8 Å². The van der Waals surface area contributed by atoms with E-state index in [1.807, 2.05) is 99.3 Å². The highest BCUT2D eigenvalue weighted by Gasteiger charge is 2.47. The third-order valence-corrected chi connectivity index (χ3v) is 17.1. The van der Waals surface area contributed by atoms with Crippen LogP contribution in [0.3, 0.4) is 0 Å². The summed E-state index contributed by atoms with van der Waals surface area (Å²) in [5.41, 5.74) is 6.69. The van der Waals surface area contributed by atoms with Crippen molar-refractivity contribution < 1.29 is 41.8 Å². The van der Waals surface area contributed by atoms with Gasteiger partial charge in [-0.15, -0.1) is 0 Å². The number of benzene rings is 4. The van der Waals surface area contributed by atoms with Crippen LogP contribution in [0.25, 0.3) is 32.2 Å². The van der Waals surface area contributed by atoms with Crippen molar-refractivity contribution in [3.63, 3.8) is 0 Å². The monoisotopic (exact) mass is 1110 g/mol. The summed E-state index contributed by atoms with van der Waals surface area (Å²) in [5, 5.41) is 11.2. The molecule has 1 saturated carbocycles. The average molecular weight is 1110 g/mol. The molecule has 2 atom stereocenters. The molecule has 2 saturated heterocycles. The Morgan fingerprint density at radius 1 is 0.863 bits per heavy atom. The number of esters is 1. The fourth-order valence-corrected chi connectivity index (χ4v) is 12.9. The molecule has 1 aliphatic carbocycles. The van der Waals surface area contributed by atoms with E-state index in [2.05, 4.69) is 31.7 Å². The standard InChI is InChI=1S/C61H66F3N9O6S/c1-36-41(42-24-26-52(66-55(42)58(77)79-60(2,3)4)72-30-28-38-12-8-14-43(46(38)34-72)56(75)68-59-65-47-15-6-7-17-50(47)80-59)13-9-16-49(36)78-40-21-18-37(19-22-40)11-10-29-71-31-32-73(51(35-71)61(62,63)64)39-20-23-44-48(33-39)70(5)69-54(44)45-25-27-53(74)67-57(45)76/h6-9,12-17,20,23-24,26,33,37,40,45,51H,10-11,18-19,21-22,25,27-32,34-35H2,1-5H3,(H,65,68,75)(H,67,74,76)/t37?,40?,45?,51-/m0/s1. The van der Waals surface area contributed by atoms with Gasteiger partial charge in [-0.3, -0.25) is 34.6 Å². The predicted octanol–water partition coefficient (Wildman–Crippen LogP) is 11.3. The van der Waals surface area contributed by atoms with E-state index in [0.717, 1.165) is 76.7 Å². The number of amides is 3. The number of hydrogen-bond donors (Lipinski definition) is 2. The van der Waals surface area contributed by atoms with E-state index in [1.54, 1.807) is 29.9 Å². The molecule has 3 aliphatic heterocycles. The van der Waals surface area contributed by atoms with Gasteiger partial charge in [0, 0.05) is 68.4 Å². The maximum atomic E-state index is 14.8. The lowest BCUT2D eigenvalue weighted by Gasteiger charge is -2.43. The van der Waals surface area contributed by atoms with Crippen LogP contribution in [0.2, 0.25) is 0 Å². The largest absolute Gasteiger partial charge is 0.490 e.